The molecular formula is C12H18F3N3O. The number of aromatic nitrogens is 2. The van der Waals surface area contributed by atoms with Gasteiger partial charge in [0.15, 0.2) is 5.82 Å². The van der Waals surface area contributed by atoms with Gasteiger partial charge in [-0.1, -0.05) is 31.8 Å². The van der Waals surface area contributed by atoms with Crippen LogP contribution in [0.25, 0.3) is 0 Å². The molecule has 1 aliphatic rings. The lowest BCUT2D eigenvalue weighted by atomic mass is 9.68. The average molecular weight is 277 g/mol. The summed E-state index contributed by atoms with van der Waals surface area (Å²) in [4.78, 5) is 3.48. The molecular weight excluding hydrogens is 259 g/mol. The molecule has 0 amide bonds. The van der Waals surface area contributed by atoms with Gasteiger partial charge in [0.1, 0.15) is 0 Å². The lowest BCUT2D eigenvalue weighted by Crippen LogP contribution is -2.49. The molecule has 1 saturated carbocycles. The second-order valence-electron chi connectivity index (χ2n) is 5.56. The fourth-order valence-electron chi connectivity index (χ4n) is 2.96. The summed E-state index contributed by atoms with van der Waals surface area (Å²) in [5, 5.41) is 3.48. The highest BCUT2D eigenvalue weighted by Gasteiger charge is 2.46. The number of rotatable bonds is 2. The van der Waals surface area contributed by atoms with Crippen molar-refractivity contribution in [2.24, 2.45) is 17.6 Å². The van der Waals surface area contributed by atoms with Gasteiger partial charge in [0.2, 0.25) is 0 Å². The fraction of sp³-hybridized carbons (Fsp3) is 0.833. The van der Waals surface area contributed by atoms with Crippen LogP contribution in [0.3, 0.4) is 0 Å². The molecule has 1 fully saturated rings. The van der Waals surface area contributed by atoms with Gasteiger partial charge < -0.3 is 10.3 Å². The van der Waals surface area contributed by atoms with Crippen LogP contribution < -0.4 is 5.73 Å². The van der Waals surface area contributed by atoms with Crippen LogP contribution in [0.15, 0.2) is 4.52 Å². The van der Waals surface area contributed by atoms with Gasteiger partial charge in [0.25, 0.3) is 0 Å². The van der Waals surface area contributed by atoms with Gasteiger partial charge in [-0.3, -0.25) is 0 Å². The number of alkyl halides is 3. The zero-order valence-corrected chi connectivity index (χ0v) is 11.0. The maximum Gasteiger partial charge on any atom is 0.471 e. The van der Waals surface area contributed by atoms with E-state index < -0.39 is 17.6 Å². The minimum absolute atomic E-state index is 0.0155. The normalized spacial score (nSPS) is 28.9. The van der Waals surface area contributed by atoms with Crippen molar-refractivity contribution in [1.29, 1.82) is 0 Å². The first-order chi connectivity index (χ1) is 8.75. The van der Waals surface area contributed by atoms with Crippen molar-refractivity contribution in [3.8, 4) is 0 Å². The fourth-order valence-corrected chi connectivity index (χ4v) is 2.96. The SMILES string of the molecule is CC(C)C1CCCCC1(N)c1noc(C(F)(F)F)n1. The van der Waals surface area contributed by atoms with Gasteiger partial charge in [-0.15, -0.1) is 0 Å². The van der Waals surface area contributed by atoms with Crippen LogP contribution in [0, 0.1) is 11.8 Å². The third kappa shape index (κ3) is 2.61. The minimum Gasteiger partial charge on any atom is -0.329 e. The Hall–Kier alpha value is -1.11. The zero-order chi connectivity index (χ0) is 14.3. The molecule has 0 radical (unpaired) electrons. The molecule has 1 aromatic rings. The van der Waals surface area contributed by atoms with Crippen molar-refractivity contribution in [1.82, 2.24) is 10.1 Å². The van der Waals surface area contributed by atoms with Gasteiger partial charge in [0.05, 0.1) is 5.54 Å². The predicted molar refractivity (Wildman–Crippen MR) is 62.0 cm³/mol. The molecule has 1 aliphatic carbocycles. The third-order valence-electron chi connectivity index (χ3n) is 3.91. The van der Waals surface area contributed by atoms with Crippen LogP contribution in [0.2, 0.25) is 0 Å². The van der Waals surface area contributed by atoms with Crippen molar-refractivity contribution < 1.29 is 17.7 Å². The van der Waals surface area contributed by atoms with E-state index in [0.29, 0.717) is 6.42 Å². The van der Waals surface area contributed by atoms with Crippen molar-refractivity contribution in [2.75, 3.05) is 0 Å². The molecule has 2 N–H and O–H groups in total. The molecule has 4 nitrogen and oxygen atoms in total. The van der Waals surface area contributed by atoms with Gasteiger partial charge in [0, 0.05) is 0 Å². The predicted octanol–water partition coefficient (Wildman–Crippen LogP) is 3.09. The van der Waals surface area contributed by atoms with Gasteiger partial charge in [-0.05, 0) is 24.7 Å². The van der Waals surface area contributed by atoms with Crippen LogP contribution in [0.1, 0.15) is 51.2 Å². The molecule has 2 atom stereocenters. The maximum atomic E-state index is 12.5. The molecule has 19 heavy (non-hydrogen) atoms. The summed E-state index contributed by atoms with van der Waals surface area (Å²) in [6.07, 6.45) is -1.25. The van der Waals surface area contributed by atoms with E-state index >= 15 is 0 Å². The Labute approximate surface area is 109 Å². The van der Waals surface area contributed by atoms with Crippen LogP contribution >= 0.6 is 0 Å². The van der Waals surface area contributed by atoms with Crippen LogP contribution in [-0.2, 0) is 11.7 Å². The monoisotopic (exact) mass is 277 g/mol. The van der Waals surface area contributed by atoms with Gasteiger partial charge in [-0.2, -0.15) is 18.2 Å². The maximum absolute atomic E-state index is 12.5. The molecule has 108 valence electrons. The quantitative estimate of drug-likeness (QED) is 0.902. The number of nitrogens with two attached hydrogens (primary N) is 1. The average Bonchev–Trinajstić information content (AvgIpc) is 2.78. The highest BCUT2D eigenvalue weighted by Crippen LogP contribution is 2.43. The Morgan fingerprint density at radius 1 is 1.37 bits per heavy atom. The summed E-state index contributed by atoms with van der Waals surface area (Å²) in [7, 11) is 0. The van der Waals surface area contributed by atoms with Gasteiger partial charge >= 0.3 is 12.1 Å². The van der Waals surface area contributed by atoms with E-state index in [1.165, 1.54) is 0 Å². The van der Waals surface area contributed by atoms with E-state index in [0.717, 1.165) is 19.3 Å². The Morgan fingerprint density at radius 2 is 2.05 bits per heavy atom. The molecule has 0 bridgehead atoms. The molecule has 1 aromatic heterocycles. The molecule has 0 aromatic carbocycles. The Kier molecular flexibility index (Phi) is 3.59. The standard InChI is InChI=1S/C12H18F3N3O/c1-7(2)8-5-3-4-6-11(8,16)9-17-10(19-18-9)12(13,14)15/h7-8H,3-6,16H2,1-2H3. The highest BCUT2D eigenvalue weighted by atomic mass is 19.4. The number of hydrogen-bond donors (Lipinski definition) is 1. The van der Waals surface area contributed by atoms with E-state index in [4.69, 9.17) is 5.73 Å². The van der Waals surface area contributed by atoms with E-state index in [-0.39, 0.29) is 17.7 Å². The molecule has 7 heteroatoms. The highest BCUT2D eigenvalue weighted by molar-refractivity contribution is 5.10. The van der Waals surface area contributed by atoms with Crippen LogP contribution in [0.4, 0.5) is 13.2 Å². The van der Waals surface area contributed by atoms with Crippen molar-refractivity contribution in [3.63, 3.8) is 0 Å². The topological polar surface area (TPSA) is 64.9 Å². The van der Waals surface area contributed by atoms with Crippen LogP contribution in [0.5, 0.6) is 0 Å². The Balaban J connectivity index is 2.34. The van der Waals surface area contributed by atoms with E-state index in [1.54, 1.807) is 0 Å². The lowest BCUT2D eigenvalue weighted by molar-refractivity contribution is -0.159. The first-order valence-electron chi connectivity index (χ1n) is 6.45. The Bertz CT molecular complexity index is 444. The van der Waals surface area contributed by atoms with Gasteiger partial charge in [-0.25, -0.2) is 0 Å². The van der Waals surface area contributed by atoms with Crippen molar-refractivity contribution >= 4 is 0 Å². The Morgan fingerprint density at radius 3 is 2.58 bits per heavy atom. The minimum atomic E-state index is -4.62. The van der Waals surface area contributed by atoms with Crippen LogP contribution in [-0.4, -0.2) is 10.1 Å². The number of nitrogens with zero attached hydrogens (tertiary/aromatic N) is 2. The molecule has 2 unspecified atom stereocenters. The largest absolute Gasteiger partial charge is 0.471 e. The summed E-state index contributed by atoms with van der Waals surface area (Å²) >= 11 is 0. The van der Waals surface area contributed by atoms with E-state index in [9.17, 15) is 13.2 Å². The lowest BCUT2D eigenvalue weighted by Gasteiger charge is -2.41. The summed E-state index contributed by atoms with van der Waals surface area (Å²) in [5.74, 6) is -1.00. The zero-order valence-electron chi connectivity index (χ0n) is 11.0. The summed E-state index contributed by atoms with van der Waals surface area (Å²) in [6.45, 7) is 4.03. The second kappa shape index (κ2) is 4.77. The molecule has 2 rings (SSSR count). The second-order valence-corrected chi connectivity index (χ2v) is 5.56. The molecule has 1 heterocycles. The number of halogens is 3. The summed E-state index contributed by atoms with van der Waals surface area (Å²) < 4.78 is 41.8. The molecule has 0 spiro atoms. The molecule has 0 saturated heterocycles. The first kappa shape index (κ1) is 14.3. The van der Waals surface area contributed by atoms with E-state index in [1.807, 2.05) is 13.8 Å². The van der Waals surface area contributed by atoms with Crippen molar-refractivity contribution in [3.05, 3.63) is 11.7 Å². The van der Waals surface area contributed by atoms with Crippen molar-refractivity contribution in [2.45, 2.75) is 51.2 Å². The third-order valence-corrected chi connectivity index (χ3v) is 3.91. The summed E-state index contributed by atoms with van der Waals surface area (Å²) in [6, 6.07) is 0. The molecule has 0 aliphatic heterocycles. The summed E-state index contributed by atoms with van der Waals surface area (Å²) in [5.41, 5.74) is 5.41. The smallest absolute Gasteiger partial charge is 0.329 e. The number of hydrogen-bond acceptors (Lipinski definition) is 4. The van der Waals surface area contributed by atoms with E-state index in [2.05, 4.69) is 14.7 Å². The first-order valence-corrected chi connectivity index (χ1v) is 6.45.